The molecular formula is C28H28N2OS. The molecule has 1 saturated heterocycles. The number of hydrogen-bond donors (Lipinski definition) is 0. The molecular weight excluding hydrogens is 412 g/mol. The van der Waals surface area contributed by atoms with Gasteiger partial charge in [0.15, 0.2) is 5.17 Å². The van der Waals surface area contributed by atoms with Gasteiger partial charge in [-0.05, 0) is 58.5 Å². The van der Waals surface area contributed by atoms with Crippen molar-refractivity contribution < 1.29 is 4.79 Å². The van der Waals surface area contributed by atoms with Gasteiger partial charge in [0.2, 0.25) is 0 Å². The van der Waals surface area contributed by atoms with Crippen LogP contribution in [0.15, 0.2) is 94.8 Å². The minimum absolute atomic E-state index is 0.0144. The average molecular weight is 441 g/mol. The van der Waals surface area contributed by atoms with E-state index in [0.717, 1.165) is 22.8 Å². The van der Waals surface area contributed by atoms with Crippen molar-refractivity contribution in [2.45, 2.75) is 32.6 Å². The maximum Gasteiger partial charge on any atom is 0.266 e. The summed E-state index contributed by atoms with van der Waals surface area (Å²) in [7, 11) is 0. The fraction of sp³-hybridized carbons (Fsp3) is 0.214. The number of amidine groups is 1. The highest BCUT2D eigenvalue weighted by Gasteiger charge is 2.33. The number of amides is 1. The molecule has 3 aromatic carbocycles. The van der Waals surface area contributed by atoms with Crippen LogP contribution in [0.5, 0.6) is 0 Å². The Kier molecular flexibility index (Phi) is 6.61. The van der Waals surface area contributed by atoms with E-state index >= 15 is 0 Å². The molecule has 4 rings (SSSR count). The zero-order valence-electron chi connectivity index (χ0n) is 18.8. The van der Waals surface area contributed by atoms with E-state index in [9.17, 15) is 4.79 Å². The third-order valence-electron chi connectivity index (χ3n) is 5.41. The SMILES string of the molecule is CC(C)(C)c1ccc(/C=C2/SC(=Nc3ccccc3)N(CCc3ccccc3)C2=O)cc1. The van der Waals surface area contributed by atoms with Crippen LogP contribution in [0, 0.1) is 0 Å². The number of benzene rings is 3. The topological polar surface area (TPSA) is 32.7 Å². The van der Waals surface area contributed by atoms with Gasteiger partial charge in [0.05, 0.1) is 10.6 Å². The van der Waals surface area contributed by atoms with Crippen molar-refractivity contribution in [2.24, 2.45) is 4.99 Å². The zero-order chi connectivity index (χ0) is 22.6. The Hall–Kier alpha value is -3.11. The summed E-state index contributed by atoms with van der Waals surface area (Å²) in [5, 5.41) is 0.731. The quantitative estimate of drug-likeness (QED) is 0.407. The molecule has 0 N–H and O–H groups in total. The predicted molar refractivity (Wildman–Crippen MR) is 136 cm³/mol. The molecule has 1 aliphatic heterocycles. The lowest BCUT2D eigenvalue weighted by molar-refractivity contribution is -0.122. The molecule has 1 fully saturated rings. The van der Waals surface area contributed by atoms with Crippen LogP contribution in [0.25, 0.3) is 6.08 Å². The van der Waals surface area contributed by atoms with Crippen molar-refractivity contribution in [2.75, 3.05) is 6.54 Å². The number of carbonyl (C=O) groups is 1. The van der Waals surface area contributed by atoms with Crippen LogP contribution in [0.2, 0.25) is 0 Å². The molecule has 0 bridgehead atoms. The monoisotopic (exact) mass is 440 g/mol. The van der Waals surface area contributed by atoms with Gasteiger partial charge in [-0.25, -0.2) is 4.99 Å². The van der Waals surface area contributed by atoms with Crippen molar-refractivity contribution in [1.82, 2.24) is 4.90 Å². The summed E-state index contributed by atoms with van der Waals surface area (Å²) >= 11 is 1.45. The number of hydrogen-bond acceptors (Lipinski definition) is 3. The van der Waals surface area contributed by atoms with E-state index in [4.69, 9.17) is 4.99 Å². The van der Waals surface area contributed by atoms with Gasteiger partial charge >= 0.3 is 0 Å². The van der Waals surface area contributed by atoms with Crippen LogP contribution in [0.1, 0.15) is 37.5 Å². The molecule has 4 heteroatoms. The van der Waals surface area contributed by atoms with Gasteiger partial charge < -0.3 is 0 Å². The maximum absolute atomic E-state index is 13.3. The molecule has 0 aliphatic carbocycles. The van der Waals surface area contributed by atoms with E-state index in [1.54, 1.807) is 4.90 Å². The highest BCUT2D eigenvalue weighted by atomic mass is 32.2. The molecule has 0 unspecified atom stereocenters. The first kappa shape index (κ1) is 22.1. The summed E-state index contributed by atoms with van der Waals surface area (Å²) in [6.07, 6.45) is 2.76. The summed E-state index contributed by atoms with van der Waals surface area (Å²) in [4.78, 5) is 20.6. The normalized spacial score (nSPS) is 16.8. The number of nitrogens with zero attached hydrogens (tertiary/aromatic N) is 2. The van der Waals surface area contributed by atoms with Crippen molar-refractivity contribution in [3.05, 3.63) is 107 Å². The van der Waals surface area contributed by atoms with Crippen molar-refractivity contribution in [3.63, 3.8) is 0 Å². The molecule has 0 spiro atoms. The summed E-state index contributed by atoms with van der Waals surface area (Å²) in [6.45, 7) is 7.21. The standard InChI is InChI=1S/C28H28N2OS/c1-28(2,3)23-16-14-22(15-17-23)20-25-26(31)30(19-18-21-10-6-4-7-11-21)27(32-25)29-24-12-8-5-9-13-24/h4-17,20H,18-19H2,1-3H3/b25-20+,29-27?. The fourth-order valence-corrected chi connectivity index (χ4v) is 4.54. The minimum Gasteiger partial charge on any atom is -0.286 e. The van der Waals surface area contributed by atoms with E-state index in [-0.39, 0.29) is 11.3 Å². The fourth-order valence-electron chi connectivity index (χ4n) is 3.52. The van der Waals surface area contributed by atoms with Crippen LogP contribution in [-0.4, -0.2) is 22.5 Å². The van der Waals surface area contributed by atoms with Gasteiger partial charge in [0.1, 0.15) is 0 Å². The largest absolute Gasteiger partial charge is 0.286 e. The first-order valence-corrected chi connectivity index (χ1v) is 11.7. The molecule has 162 valence electrons. The van der Waals surface area contributed by atoms with Crippen molar-refractivity contribution >= 4 is 34.6 Å². The van der Waals surface area contributed by atoms with Gasteiger partial charge in [0, 0.05) is 6.54 Å². The van der Waals surface area contributed by atoms with Crippen LogP contribution in [-0.2, 0) is 16.6 Å². The third kappa shape index (κ3) is 5.38. The lowest BCUT2D eigenvalue weighted by atomic mass is 9.87. The Morgan fingerprint density at radius 2 is 1.50 bits per heavy atom. The van der Waals surface area contributed by atoms with Crippen molar-refractivity contribution in [3.8, 4) is 0 Å². The molecule has 0 saturated carbocycles. The second kappa shape index (κ2) is 9.58. The second-order valence-electron chi connectivity index (χ2n) is 8.90. The summed E-state index contributed by atoms with van der Waals surface area (Å²) in [6, 6.07) is 28.5. The van der Waals surface area contributed by atoms with Gasteiger partial charge in [-0.1, -0.05) is 93.6 Å². The number of rotatable bonds is 5. The van der Waals surface area contributed by atoms with E-state index in [0.29, 0.717) is 11.4 Å². The molecule has 0 atom stereocenters. The highest BCUT2D eigenvalue weighted by molar-refractivity contribution is 8.18. The van der Waals surface area contributed by atoms with Crippen LogP contribution in [0.3, 0.4) is 0 Å². The van der Waals surface area contributed by atoms with Crippen LogP contribution >= 0.6 is 11.8 Å². The first-order chi connectivity index (χ1) is 15.4. The Morgan fingerprint density at radius 1 is 0.875 bits per heavy atom. The molecule has 1 amide bonds. The molecule has 0 aromatic heterocycles. The van der Waals surface area contributed by atoms with Gasteiger partial charge in [-0.2, -0.15) is 0 Å². The zero-order valence-corrected chi connectivity index (χ0v) is 19.6. The summed E-state index contributed by atoms with van der Waals surface area (Å²) in [5.41, 5.74) is 4.47. The number of para-hydroxylation sites is 1. The summed E-state index contributed by atoms with van der Waals surface area (Å²) < 4.78 is 0. The molecule has 1 heterocycles. The number of carbonyl (C=O) groups excluding carboxylic acids is 1. The maximum atomic E-state index is 13.3. The molecule has 3 aromatic rings. The molecule has 0 radical (unpaired) electrons. The van der Waals surface area contributed by atoms with E-state index in [1.165, 1.54) is 22.9 Å². The highest BCUT2D eigenvalue weighted by Crippen LogP contribution is 2.34. The number of aliphatic imine (C=N–C) groups is 1. The van der Waals surface area contributed by atoms with Crippen molar-refractivity contribution in [1.29, 1.82) is 0 Å². The van der Waals surface area contributed by atoms with Gasteiger partial charge in [-0.15, -0.1) is 0 Å². The Bertz CT molecular complexity index is 1130. The third-order valence-corrected chi connectivity index (χ3v) is 6.42. The van der Waals surface area contributed by atoms with Crippen LogP contribution in [0.4, 0.5) is 5.69 Å². The minimum atomic E-state index is 0.0144. The average Bonchev–Trinajstić information content (AvgIpc) is 3.07. The first-order valence-electron chi connectivity index (χ1n) is 10.9. The molecule has 32 heavy (non-hydrogen) atoms. The number of thioether (sulfide) groups is 1. The summed E-state index contributed by atoms with van der Waals surface area (Å²) in [5.74, 6) is 0.0144. The van der Waals surface area contributed by atoms with E-state index in [1.807, 2.05) is 54.6 Å². The smallest absolute Gasteiger partial charge is 0.266 e. The van der Waals surface area contributed by atoms with Crippen LogP contribution < -0.4 is 0 Å². The molecule has 3 nitrogen and oxygen atoms in total. The lowest BCUT2D eigenvalue weighted by Gasteiger charge is -2.18. The Labute approximate surface area is 194 Å². The van der Waals surface area contributed by atoms with E-state index in [2.05, 4.69) is 57.2 Å². The predicted octanol–water partition coefficient (Wildman–Crippen LogP) is 6.83. The second-order valence-corrected chi connectivity index (χ2v) is 9.91. The Balaban J connectivity index is 1.61. The van der Waals surface area contributed by atoms with Gasteiger partial charge in [0.25, 0.3) is 5.91 Å². The lowest BCUT2D eigenvalue weighted by Crippen LogP contribution is -2.31. The molecule has 1 aliphatic rings. The van der Waals surface area contributed by atoms with E-state index < -0.39 is 0 Å². The van der Waals surface area contributed by atoms with Gasteiger partial charge in [-0.3, -0.25) is 9.69 Å². The Morgan fingerprint density at radius 3 is 2.12 bits per heavy atom.